The van der Waals surface area contributed by atoms with Crippen LogP contribution in [0.4, 0.5) is 0 Å². The number of hydrogen-bond acceptors (Lipinski definition) is 2. The van der Waals surface area contributed by atoms with Gasteiger partial charge < -0.3 is 4.74 Å². The molecule has 0 aliphatic carbocycles. The van der Waals surface area contributed by atoms with Crippen LogP contribution in [0.25, 0.3) is 0 Å². The molecule has 2 heteroatoms. The SMILES string of the molecule is C=CCC(CC=C)(COC(C)=O)c1ccccc1. The Balaban J connectivity index is 3.07. The molecule has 0 aliphatic rings. The van der Waals surface area contributed by atoms with E-state index in [9.17, 15) is 4.79 Å². The summed E-state index contributed by atoms with van der Waals surface area (Å²) in [5, 5.41) is 0. The lowest BCUT2D eigenvalue weighted by atomic mass is 9.75. The quantitative estimate of drug-likeness (QED) is 0.540. The van der Waals surface area contributed by atoms with Crippen molar-refractivity contribution in [3.63, 3.8) is 0 Å². The summed E-state index contributed by atoms with van der Waals surface area (Å²) in [7, 11) is 0. The van der Waals surface area contributed by atoms with Crippen LogP contribution in [0, 0.1) is 0 Å². The molecule has 96 valence electrons. The number of carbonyl (C=O) groups is 1. The second-order valence-corrected chi connectivity index (χ2v) is 4.41. The minimum atomic E-state index is -0.261. The highest BCUT2D eigenvalue weighted by Gasteiger charge is 2.31. The van der Waals surface area contributed by atoms with Crippen molar-refractivity contribution in [2.75, 3.05) is 6.61 Å². The van der Waals surface area contributed by atoms with Crippen LogP contribution in [-0.4, -0.2) is 12.6 Å². The number of allylic oxidation sites excluding steroid dienone is 2. The number of benzene rings is 1. The fourth-order valence-corrected chi connectivity index (χ4v) is 2.10. The molecule has 0 N–H and O–H groups in total. The maximum atomic E-state index is 11.1. The Kier molecular flexibility index (Phi) is 5.37. The van der Waals surface area contributed by atoms with E-state index in [1.165, 1.54) is 6.92 Å². The molecule has 0 saturated heterocycles. The first-order valence-electron chi connectivity index (χ1n) is 6.05. The largest absolute Gasteiger partial charge is 0.465 e. The first kappa shape index (κ1) is 14.2. The first-order chi connectivity index (χ1) is 8.64. The van der Waals surface area contributed by atoms with Gasteiger partial charge in [-0.15, -0.1) is 13.2 Å². The molecule has 0 unspecified atom stereocenters. The summed E-state index contributed by atoms with van der Waals surface area (Å²) >= 11 is 0. The van der Waals surface area contributed by atoms with Crippen molar-refractivity contribution in [1.82, 2.24) is 0 Å². The monoisotopic (exact) mass is 244 g/mol. The van der Waals surface area contributed by atoms with Crippen LogP contribution in [-0.2, 0) is 14.9 Å². The highest BCUT2D eigenvalue weighted by Crippen LogP contribution is 2.33. The third-order valence-electron chi connectivity index (χ3n) is 3.01. The van der Waals surface area contributed by atoms with E-state index in [0.717, 1.165) is 18.4 Å². The van der Waals surface area contributed by atoms with E-state index in [2.05, 4.69) is 25.3 Å². The Labute approximate surface area is 109 Å². The molecule has 18 heavy (non-hydrogen) atoms. The molecule has 0 amide bonds. The molecular weight excluding hydrogens is 224 g/mol. The molecule has 1 aromatic rings. The van der Waals surface area contributed by atoms with Gasteiger partial charge in [-0.2, -0.15) is 0 Å². The molecule has 0 heterocycles. The standard InChI is InChI=1S/C16H20O2/c1-4-11-16(12-5-2,13-18-14(3)17)15-9-7-6-8-10-15/h4-10H,1-2,11-13H2,3H3. The topological polar surface area (TPSA) is 26.3 Å². The molecule has 0 spiro atoms. The molecule has 0 aromatic heterocycles. The Hall–Kier alpha value is -1.83. The van der Waals surface area contributed by atoms with Gasteiger partial charge in [0.25, 0.3) is 0 Å². The maximum Gasteiger partial charge on any atom is 0.302 e. The summed E-state index contributed by atoms with van der Waals surface area (Å²) in [6.07, 6.45) is 5.21. The van der Waals surface area contributed by atoms with Crippen LogP contribution < -0.4 is 0 Å². The molecular formula is C16H20O2. The molecule has 0 saturated carbocycles. The average molecular weight is 244 g/mol. The lowest BCUT2D eigenvalue weighted by molar-refractivity contribution is -0.142. The van der Waals surface area contributed by atoms with Crippen molar-refractivity contribution in [2.24, 2.45) is 0 Å². The first-order valence-corrected chi connectivity index (χ1v) is 6.05. The molecule has 0 radical (unpaired) electrons. The van der Waals surface area contributed by atoms with Crippen LogP contribution in [0.5, 0.6) is 0 Å². The van der Waals surface area contributed by atoms with Crippen molar-refractivity contribution in [3.05, 3.63) is 61.2 Å². The Bertz CT molecular complexity index is 396. The zero-order valence-electron chi connectivity index (χ0n) is 10.9. The van der Waals surface area contributed by atoms with Gasteiger partial charge in [0.1, 0.15) is 6.61 Å². The summed E-state index contributed by atoms with van der Waals surface area (Å²) in [4.78, 5) is 11.1. The van der Waals surface area contributed by atoms with Gasteiger partial charge in [0.2, 0.25) is 0 Å². The van der Waals surface area contributed by atoms with E-state index >= 15 is 0 Å². The second-order valence-electron chi connectivity index (χ2n) is 4.41. The van der Waals surface area contributed by atoms with Gasteiger partial charge in [-0.05, 0) is 18.4 Å². The van der Waals surface area contributed by atoms with Gasteiger partial charge in [-0.3, -0.25) is 4.79 Å². The number of rotatable bonds is 7. The lowest BCUT2D eigenvalue weighted by Gasteiger charge is -2.32. The van der Waals surface area contributed by atoms with E-state index in [1.807, 2.05) is 30.4 Å². The van der Waals surface area contributed by atoms with Gasteiger partial charge in [-0.1, -0.05) is 42.5 Å². The predicted molar refractivity (Wildman–Crippen MR) is 74.4 cm³/mol. The third-order valence-corrected chi connectivity index (χ3v) is 3.01. The smallest absolute Gasteiger partial charge is 0.302 e. The van der Waals surface area contributed by atoms with Gasteiger partial charge in [0, 0.05) is 12.3 Å². The Morgan fingerprint density at radius 1 is 1.22 bits per heavy atom. The Morgan fingerprint density at radius 3 is 2.22 bits per heavy atom. The van der Waals surface area contributed by atoms with Gasteiger partial charge >= 0.3 is 5.97 Å². The summed E-state index contributed by atoms with van der Waals surface area (Å²) in [5.74, 6) is -0.261. The van der Waals surface area contributed by atoms with E-state index in [-0.39, 0.29) is 11.4 Å². The minimum absolute atomic E-state index is 0.254. The van der Waals surface area contributed by atoms with E-state index in [1.54, 1.807) is 0 Å². The van der Waals surface area contributed by atoms with Crippen molar-refractivity contribution in [2.45, 2.75) is 25.2 Å². The van der Waals surface area contributed by atoms with Crippen molar-refractivity contribution >= 4 is 5.97 Å². The van der Waals surface area contributed by atoms with Crippen LogP contribution in [0.3, 0.4) is 0 Å². The van der Waals surface area contributed by atoms with Gasteiger partial charge in [0.05, 0.1) is 0 Å². The van der Waals surface area contributed by atoms with Crippen molar-refractivity contribution in [1.29, 1.82) is 0 Å². The normalized spacial score (nSPS) is 10.7. The van der Waals surface area contributed by atoms with Crippen molar-refractivity contribution < 1.29 is 9.53 Å². The fourth-order valence-electron chi connectivity index (χ4n) is 2.10. The highest BCUT2D eigenvalue weighted by atomic mass is 16.5. The van der Waals surface area contributed by atoms with Crippen LogP contribution in [0.2, 0.25) is 0 Å². The number of esters is 1. The highest BCUT2D eigenvalue weighted by molar-refractivity contribution is 5.66. The summed E-state index contributed by atoms with van der Waals surface area (Å²) in [5.41, 5.74) is 0.891. The van der Waals surface area contributed by atoms with E-state index in [4.69, 9.17) is 4.74 Å². The lowest BCUT2D eigenvalue weighted by Crippen LogP contribution is -2.32. The summed E-state index contributed by atoms with van der Waals surface area (Å²) in [6.45, 7) is 9.39. The second kappa shape index (κ2) is 6.80. The van der Waals surface area contributed by atoms with Crippen LogP contribution >= 0.6 is 0 Å². The third kappa shape index (κ3) is 3.59. The minimum Gasteiger partial charge on any atom is -0.465 e. The molecule has 2 nitrogen and oxygen atoms in total. The summed E-state index contributed by atoms with van der Waals surface area (Å²) in [6, 6.07) is 10.1. The van der Waals surface area contributed by atoms with Crippen LogP contribution in [0.15, 0.2) is 55.6 Å². The van der Waals surface area contributed by atoms with Crippen molar-refractivity contribution in [3.8, 4) is 0 Å². The molecule has 1 aromatic carbocycles. The summed E-state index contributed by atoms with van der Waals surface area (Å²) < 4.78 is 5.23. The molecule has 0 atom stereocenters. The average Bonchev–Trinajstić information content (AvgIpc) is 2.37. The van der Waals surface area contributed by atoms with E-state index < -0.39 is 0 Å². The Morgan fingerprint density at radius 2 is 1.78 bits per heavy atom. The zero-order chi connectivity index (χ0) is 13.4. The maximum absolute atomic E-state index is 11.1. The van der Waals surface area contributed by atoms with E-state index in [0.29, 0.717) is 6.61 Å². The number of ether oxygens (including phenoxy) is 1. The number of hydrogen-bond donors (Lipinski definition) is 0. The molecule has 1 rings (SSSR count). The predicted octanol–water partition coefficient (Wildman–Crippen LogP) is 3.64. The van der Waals surface area contributed by atoms with Crippen LogP contribution in [0.1, 0.15) is 25.3 Å². The molecule has 0 bridgehead atoms. The number of carbonyl (C=O) groups excluding carboxylic acids is 1. The molecule has 0 aliphatic heterocycles. The zero-order valence-corrected chi connectivity index (χ0v) is 10.9. The van der Waals surface area contributed by atoms with Gasteiger partial charge in [-0.25, -0.2) is 0 Å². The molecule has 0 fully saturated rings. The van der Waals surface area contributed by atoms with Gasteiger partial charge in [0.15, 0.2) is 0 Å². The fraction of sp³-hybridized carbons (Fsp3) is 0.312.